The van der Waals surface area contributed by atoms with E-state index in [9.17, 15) is 18.0 Å². The summed E-state index contributed by atoms with van der Waals surface area (Å²) in [6, 6.07) is 0. The number of alkyl halides is 3. The van der Waals surface area contributed by atoms with E-state index >= 15 is 0 Å². The van der Waals surface area contributed by atoms with Gasteiger partial charge in [0.25, 0.3) is 5.56 Å². The third kappa shape index (κ3) is 2.53. The van der Waals surface area contributed by atoms with E-state index in [-0.39, 0.29) is 17.1 Å². The fraction of sp³-hybridized carbons (Fsp3) is 0.300. The Hall–Kier alpha value is -1.88. The summed E-state index contributed by atoms with van der Waals surface area (Å²) < 4.78 is 42.6. The smallest absolute Gasteiger partial charge is 0.292 e. The Labute approximate surface area is 123 Å². The van der Waals surface area contributed by atoms with Crippen molar-refractivity contribution in [1.82, 2.24) is 24.1 Å². The first-order chi connectivity index (χ1) is 9.86. The molecule has 0 radical (unpaired) electrons. The molecule has 0 saturated carbocycles. The Morgan fingerprint density at radius 1 is 1.33 bits per heavy atom. The predicted molar refractivity (Wildman–Crippen MR) is 70.4 cm³/mol. The third-order valence-electron chi connectivity index (χ3n) is 2.65. The lowest BCUT2D eigenvalue weighted by Crippen LogP contribution is -2.21. The van der Waals surface area contributed by atoms with Gasteiger partial charge in [0, 0.05) is 0 Å². The van der Waals surface area contributed by atoms with Crippen LogP contribution in [0.2, 0.25) is 0 Å². The van der Waals surface area contributed by atoms with Gasteiger partial charge < -0.3 is 0 Å². The van der Waals surface area contributed by atoms with Gasteiger partial charge in [-0.05, 0) is 18.5 Å². The molecule has 3 rings (SSSR count). The molecule has 0 unspecified atom stereocenters. The minimum atomic E-state index is -4.53. The highest BCUT2D eigenvalue weighted by molar-refractivity contribution is 7.13. The van der Waals surface area contributed by atoms with E-state index in [4.69, 9.17) is 0 Å². The van der Waals surface area contributed by atoms with Crippen molar-refractivity contribution in [2.24, 2.45) is 0 Å². The molecule has 0 saturated heterocycles. The first kappa shape index (κ1) is 14.1. The molecule has 0 aliphatic carbocycles. The minimum Gasteiger partial charge on any atom is -0.292 e. The summed E-state index contributed by atoms with van der Waals surface area (Å²) in [6.07, 6.45) is -3.26. The van der Waals surface area contributed by atoms with Gasteiger partial charge in [-0.25, -0.2) is 4.98 Å². The SMILES string of the molecule is Cc1nsc2ncn(Cc3nnc(C(F)(F)F)s3)c(=O)c12. The van der Waals surface area contributed by atoms with Crippen LogP contribution >= 0.6 is 22.9 Å². The zero-order valence-corrected chi connectivity index (χ0v) is 12.0. The van der Waals surface area contributed by atoms with Crippen molar-refractivity contribution in [1.29, 1.82) is 0 Å². The summed E-state index contributed by atoms with van der Waals surface area (Å²) in [5, 5.41) is 5.97. The molecular weight excluding hydrogens is 327 g/mol. The van der Waals surface area contributed by atoms with E-state index in [2.05, 4.69) is 19.6 Å². The second-order valence-corrected chi connectivity index (χ2v) is 5.94. The van der Waals surface area contributed by atoms with Gasteiger partial charge in [0.1, 0.15) is 5.01 Å². The van der Waals surface area contributed by atoms with Crippen LogP contribution in [0.15, 0.2) is 11.1 Å². The molecule has 0 aliphatic heterocycles. The molecule has 110 valence electrons. The molecular formula is C10H6F3N5OS2. The van der Waals surface area contributed by atoms with E-state index in [0.717, 1.165) is 11.5 Å². The summed E-state index contributed by atoms with van der Waals surface area (Å²) in [6.45, 7) is 1.57. The van der Waals surface area contributed by atoms with Gasteiger partial charge in [0.2, 0.25) is 5.01 Å². The molecule has 3 heterocycles. The van der Waals surface area contributed by atoms with Crippen molar-refractivity contribution in [3.63, 3.8) is 0 Å². The summed E-state index contributed by atoms with van der Waals surface area (Å²) >= 11 is 1.51. The number of hydrogen-bond donors (Lipinski definition) is 0. The first-order valence-electron chi connectivity index (χ1n) is 5.57. The van der Waals surface area contributed by atoms with Crippen LogP contribution in [0.1, 0.15) is 15.7 Å². The number of fused-ring (bicyclic) bond motifs is 1. The maximum Gasteiger partial charge on any atom is 0.445 e. The molecule has 0 N–H and O–H groups in total. The van der Waals surface area contributed by atoms with Crippen molar-refractivity contribution in [3.8, 4) is 0 Å². The highest BCUT2D eigenvalue weighted by Crippen LogP contribution is 2.31. The monoisotopic (exact) mass is 333 g/mol. The number of hydrogen-bond acceptors (Lipinski definition) is 7. The topological polar surface area (TPSA) is 73.6 Å². The van der Waals surface area contributed by atoms with Gasteiger partial charge in [0.05, 0.1) is 24.0 Å². The molecule has 0 aromatic carbocycles. The number of halogens is 3. The molecule has 0 aliphatic rings. The first-order valence-corrected chi connectivity index (χ1v) is 7.16. The fourth-order valence-corrected chi connectivity index (χ4v) is 3.14. The lowest BCUT2D eigenvalue weighted by Gasteiger charge is -2.01. The second-order valence-electron chi connectivity index (χ2n) is 4.12. The molecule has 0 fully saturated rings. The number of nitrogens with zero attached hydrogens (tertiary/aromatic N) is 5. The van der Waals surface area contributed by atoms with Gasteiger partial charge in [0.15, 0.2) is 4.83 Å². The van der Waals surface area contributed by atoms with Crippen LogP contribution in [-0.2, 0) is 12.7 Å². The van der Waals surface area contributed by atoms with Crippen LogP contribution in [0.25, 0.3) is 10.2 Å². The van der Waals surface area contributed by atoms with Crippen LogP contribution in [0.3, 0.4) is 0 Å². The zero-order chi connectivity index (χ0) is 15.2. The molecule has 0 amide bonds. The molecule has 21 heavy (non-hydrogen) atoms. The summed E-state index contributed by atoms with van der Waals surface area (Å²) in [4.78, 5) is 16.8. The molecule has 0 bridgehead atoms. The van der Waals surface area contributed by atoms with Crippen LogP contribution in [-0.4, -0.2) is 24.1 Å². The van der Waals surface area contributed by atoms with Crippen molar-refractivity contribution in [2.45, 2.75) is 19.6 Å². The Morgan fingerprint density at radius 3 is 2.76 bits per heavy atom. The highest BCUT2D eigenvalue weighted by Gasteiger charge is 2.35. The normalized spacial score (nSPS) is 12.2. The minimum absolute atomic E-state index is 0.0893. The Bertz CT molecular complexity index is 866. The number of aromatic nitrogens is 5. The van der Waals surface area contributed by atoms with Gasteiger partial charge >= 0.3 is 6.18 Å². The van der Waals surface area contributed by atoms with E-state index < -0.39 is 11.2 Å². The molecule has 0 spiro atoms. The van der Waals surface area contributed by atoms with Gasteiger partial charge in [-0.2, -0.15) is 17.5 Å². The quantitative estimate of drug-likeness (QED) is 0.718. The molecule has 3 aromatic rings. The lowest BCUT2D eigenvalue weighted by atomic mass is 10.3. The van der Waals surface area contributed by atoms with Crippen LogP contribution in [0.5, 0.6) is 0 Å². The van der Waals surface area contributed by atoms with Crippen LogP contribution in [0.4, 0.5) is 13.2 Å². The third-order valence-corrected chi connectivity index (χ3v) is 4.45. The molecule has 11 heteroatoms. The van der Waals surface area contributed by atoms with Crippen molar-refractivity contribution < 1.29 is 13.2 Å². The lowest BCUT2D eigenvalue weighted by molar-refractivity contribution is -0.138. The Kier molecular flexibility index (Phi) is 3.24. The van der Waals surface area contributed by atoms with E-state index in [0.29, 0.717) is 27.2 Å². The van der Waals surface area contributed by atoms with Crippen molar-refractivity contribution in [2.75, 3.05) is 0 Å². The Morgan fingerprint density at radius 2 is 2.10 bits per heavy atom. The maximum absolute atomic E-state index is 12.5. The van der Waals surface area contributed by atoms with E-state index in [1.54, 1.807) is 6.92 Å². The van der Waals surface area contributed by atoms with Crippen LogP contribution < -0.4 is 5.56 Å². The predicted octanol–water partition coefficient (Wildman–Crippen LogP) is 2.08. The second kappa shape index (κ2) is 4.84. The standard InChI is InChI=1S/C10H6F3N5OS2/c1-4-6-7(21-17-4)14-3-18(8(6)19)2-5-15-16-9(20-5)10(11,12)13/h3H,2H2,1H3. The molecule has 0 atom stereocenters. The largest absolute Gasteiger partial charge is 0.445 e. The summed E-state index contributed by atoms with van der Waals surface area (Å²) in [5.74, 6) is 0. The van der Waals surface area contributed by atoms with Gasteiger partial charge in [-0.1, -0.05) is 11.3 Å². The van der Waals surface area contributed by atoms with Crippen molar-refractivity contribution >= 4 is 33.1 Å². The molecule has 3 aromatic heterocycles. The Balaban J connectivity index is 1.99. The average Bonchev–Trinajstić information content (AvgIpc) is 3.00. The maximum atomic E-state index is 12.5. The van der Waals surface area contributed by atoms with E-state index in [1.165, 1.54) is 10.9 Å². The molecule has 6 nitrogen and oxygen atoms in total. The number of aryl methyl sites for hydroxylation is 1. The van der Waals surface area contributed by atoms with Crippen molar-refractivity contribution in [3.05, 3.63) is 32.4 Å². The average molecular weight is 333 g/mol. The number of rotatable bonds is 2. The summed E-state index contributed by atoms with van der Waals surface area (Å²) in [5.41, 5.74) is 0.199. The fourth-order valence-electron chi connectivity index (χ4n) is 1.70. The van der Waals surface area contributed by atoms with E-state index in [1.807, 2.05) is 0 Å². The highest BCUT2D eigenvalue weighted by atomic mass is 32.1. The van der Waals surface area contributed by atoms with Crippen LogP contribution in [0, 0.1) is 6.92 Å². The summed E-state index contributed by atoms with van der Waals surface area (Å²) in [7, 11) is 0. The van der Waals surface area contributed by atoms with Gasteiger partial charge in [-0.15, -0.1) is 10.2 Å². The van der Waals surface area contributed by atoms with Gasteiger partial charge in [-0.3, -0.25) is 9.36 Å². The zero-order valence-electron chi connectivity index (χ0n) is 10.4.